The van der Waals surface area contributed by atoms with Gasteiger partial charge in [0.05, 0.1) is 0 Å². The van der Waals surface area contributed by atoms with Crippen LogP contribution in [0.15, 0.2) is 25.7 Å². The summed E-state index contributed by atoms with van der Waals surface area (Å²) >= 11 is 3.23. The van der Waals surface area contributed by atoms with Crippen LogP contribution in [0.2, 0.25) is 0 Å². The van der Waals surface area contributed by atoms with Gasteiger partial charge >= 0.3 is 0 Å². The molecule has 1 saturated carbocycles. The van der Waals surface area contributed by atoms with Crippen LogP contribution >= 0.6 is 15.9 Å². The standard InChI is InChI=1S/C16H18BrN3O3/c17-13-6-5-12(22-13)16(21)20-7-1-2-10(9-20)8-14-18-15(19-23-14)11-3-4-11/h5-6,10-11H,1-4,7-9H2/t10-/m0/s1. The lowest BCUT2D eigenvalue weighted by Gasteiger charge is -2.31. The minimum atomic E-state index is -0.0513. The zero-order chi connectivity index (χ0) is 15.8. The van der Waals surface area contributed by atoms with E-state index in [9.17, 15) is 4.79 Å². The Labute approximate surface area is 142 Å². The number of hydrogen-bond donors (Lipinski definition) is 0. The van der Waals surface area contributed by atoms with Gasteiger partial charge in [-0.15, -0.1) is 0 Å². The highest BCUT2D eigenvalue weighted by Gasteiger charge is 2.30. The van der Waals surface area contributed by atoms with Crippen LogP contribution in [0.3, 0.4) is 0 Å². The van der Waals surface area contributed by atoms with E-state index in [0.717, 1.165) is 31.6 Å². The molecule has 0 bridgehead atoms. The second kappa shape index (κ2) is 6.11. The predicted octanol–water partition coefficient (Wildman–Crippen LogP) is 3.40. The van der Waals surface area contributed by atoms with Crippen molar-refractivity contribution >= 4 is 21.8 Å². The van der Waals surface area contributed by atoms with Gasteiger partial charge in [-0.2, -0.15) is 4.98 Å². The summed E-state index contributed by atoms with van der Waals surface area (Å²) in [6, 6.07) is 3.45. The quantitative estimate of drug-likeness (QED) is 0.813. The van der Waals surface area contributed by atoms with Gasteiger partial charge in [-0.3, -0.25) is 4.79 Å². The van der Waals surface area contributed by atoms with Gasteiger partial charge in [-0.05, 0) is 59.7 Å². The molecule has 1 atom stereocenters. The summed E-state index contributed by atoms with van der Waals surface area (Å²) in [5.41, 5.74) is 0. The third kappa shape index (κ3) is 3.34. The van der Waals surface area contributed by atoms with Crippen LogP contribution in [0.25, 0.3) is 0 Å². The van der Waals surface area contributed by atoms with E-state index in [4.69, 9.17) is 8.94 Å². The number of aromatic nitrogens is 2. The van der Waals surface area contributed by atoms with Crippen molar-refractivity contribution in [3.63, 3.8) is 0 Å². The highest BCUT2D eigenvalue weighted by Crippen LogP contribution is 2.38. The molecule has 1 amide bonds. The lowest BCUT2D eigenvalue weighted by molar-refractivity contribution is 0.0635. The fourth-order valence-electron chi connectivity index (χ4n) is 3.11. The van der Waals surface area contributed by atoms with Crippen LogP contribution in [0, 0.1) is 5.92 Å². The second-order valence-electron chi connectivity index (χ2n) is 6.39. The molecule has 4 rings (SSSR count). The topological polar surface area (TPSA) is 72.4 Å². The summed E-state index contributed by atoms with van der Waals surface area (Å²) < 4.78 is 11.3. The number of hydrogen-bond acceptors (Lipinski definition) is 5. The number of piperidine rings is 1. The van der Waals surface area contributed by atoms with Crippen LogP contribution in [0.5, 0.6) is 0 Å². The molecule has 2 fully saturated rings. The maximum absolute atomic E-state index is 12.5. The summed E-state index contributed by atoms with van der Waals surface area (Å²) in [6.07, 6.45) is 5.15. The molecule has 0 N–H and O–H groups in total. The Morgan fingerprint density at radius 1 is 1.35 bits per heavy atom. The van der Waals surface area contributed by atoms with Crippen molar-refractivity contribution in [2.75, 3.05) is 13.1 Å². The van der Waals surface area contributed by atoms with Crippen molar-refractivity contribution in [1.29, 1.82) is 0 Å². The number of nitrogens with zero attached hydrogens (tertiary/aromatic N) is 3. The zero-order valence-electron chi connectivity index (χ0n) is 12.7. The van der Waals surface area contributed by atoms with Gasteiger partial charge in [0.15, 0.2) is 16.3 Å². The van der Waals surface area contributed by atoms with Gasteiger partial charge in [0.2, 0.25) is 5.89 Å². The summed E-state index contributed by atoms with van der Waals surface area (Å²) in [4.78, 5) is 18.8. The molecular formula is C16H18BrN3O3. The van der Waals surface area contributed by atoms with Gasteiger partial charge in [0.25, 0.3) is 5.91 Å². The fraction of sp³-hybridized carbons (Fsp3) is 0.562. The molecule has 0 aromatic carbocycles. The summed E-state index contributed by atoms with van der Waals surface area (Å²) in [6.45, 7) is 1.48. The Balaban J connectivity index is 1.39. The maximum Gasteiger partial charge on any atom is 0.289 e. The highest BCUT2D eigenvalue weighted by molar-refractivity contribution is 9.10. The Hall–Kier alpha value is -1.63. The first-order chi connectivity index (χ1) is 11.2. The number of rotatable bonds is 4. The Morgan fingerprint density at radius 2 is 2.22 bits per heavy atom. The fourth-order valence-corrected chi connectivity index (χ4v) is 3.41. The number of furan rings is 1. The zero-order valence-corrected chi connectivity index (χ0v) is 14.3. The first kappa shape index (κ1) is 14.9. The lowest BCUT2D eigenvalue weighted by Crippen LogP contribution is -2.40. The molecule has 0 unspecified atom stereocenters. The van der Waals surface area contributed by atoms with Crippen LogP contribution in [-0.4, -0.2) is 34.0 Å². The van der Waals surface area contributed by atoms with Crippen molar-refractivity contribution < 1.29 is 13.7 Å². The lowest BCUT2D eigenvalue weighted by atomic mass is 9.94. The van der Waals surface area contributed by atoms with E-state index in [0.29, 0.717) is 34.7 Å². The van der Waals surface area contributed by atoms with Crippen molar-refractivity contribution in [1.82, 2.24) is 15.0 Å². The van der Waals surface area contributed by atoms with E-state index in [1.165, 1.54) is 12.8 Å². The normalized spacial score (nSPS) is 21.6. The summed E-state index contributed by atoms with van der Waals surface area (Å²) in [5.74, 6) is 2.75. The first-order valence-electron chi connectivity index (χ1n) is 8.06. The molecule has 0 radical (unpaired) electrons. The van der Waals surface area contributed by atoms with E-state index in [-0.39, 0.29) is 5.91 Å². The number of carbonyl (C=O) groups is 1. The number of amides is 1. The van der Waals surface area contributed by atoms with E-state index >= 15 is 0 Å². The molecular weight excluding hydrogens is 362 g/mol. The van der Waals surface area contributed by atoms with Gasteiger partial charge in [0.1, 0.15) is 0 Å². The molecule has 2 aliphatic rings. The molecule has 6 nitrogen and oxygen atoms in total. The molecule has 23 heavy (non-hydrogen) atoms. The third-order valence-corrected chi connectivity index (χ3v) is 4.91. The molecule has 1 saturated heterocycles. The van der Waals surface area contributed by atoms with Crippen LogP contribution in [-0.2, 0) is 6.42 Å². The number of halogens is 1. The largest absolute Gasteiger partial charge is 0.444 e. The van der Waals surface area contributed by atoms with E-state index in [2.05, 4.69) is 26.1 Å². The van der Waals surface area contributed by atoms with Crippen molar-refractivity contribution in [3.05, 3.63) is 34.3 Å². The maximum atomic E-state index is 12.5. The van der Waals surface area contributed by atoms with Gasteiger partial charge in [0, 0.05) is 25.4 Å². The monoisotopic (exact) mass is 379 g/mol. The van der Waals surface area contributed by atoms with Crippen LogP contribution in [0.1, 0.15) is 53.9 Å². The third-order valence-electron chi connectivity index (χ3n) is 4.48. The van der Waals surface area contributed by atoms with Crippen LogP contribution < -0.4 is 0 Å². The molecule has 1 aliphatic carbocycles. The summed E-state index contributed by atoms with van der Waals surface area (Å²) in [7, 11) is 0. The van der Waals surface area contributed by atoms with Gasteiger partial charge in [-0.25, -0.2) is 0 Å². The molecule has 7 heteroatoms. The molecule has 1 aliphatic heterocycles. The van der Waals surface area contributed by atoms with Crippen molar-refractivity contribution in [3.8, 4) is 0 Å². The van der Waals surface area contributed by atoms with Crippen molar-refractivity contribution in [2.24, 2.45) is 5.92 Å². The number of carbonyl (C=O) groups excluding carboxylic acids is 1. The second-order valence-corrected chi connectivity index (χ2v) is 7.17. The molecule has 2 aromatic heterocycles. The van der Waals surface area contributed by atoms with Crippen LogP contribution in [0.4, 0.5) is 0 Å². The van der Waals surface area contributed by atoms with Gasteiger partial charge < -0.3 is 13.8 Å². The van der Waals surface area contributed by atoms with Gasteiger partial charge in [-0.1, -0.05) is 5.16 Å². The smallest absolute Gasteiger partial charge is 0.289 e. The number of likely N-dealkylation sites (tertiary alicyclic amines) is 1. The Kier molecular flexibility index (Phi) is 3.97. The van der Waals surface area contributed by atoms with E-state index in [1.807, 2.05) is 4.90 Å². The first-order valence-corrected chi connectivity index (χ1v) is 8.85. The molecule has 3 heterocycles. The Morgan fingerprint density at radius 3 is 2.96 bits per heavy atom. The highest BCUT2D eigenvalue weighted by atomic mass is 79.9. The van der Waals surface area contributed by atoms with E-state index in [1.54, 1.807) is 12.1 Å². The minimum Gasteiger partial charge on any atom is -0.444 e. The summed E-state index contributed by atoms with van der Waals surface area (Å²) in [5, 5.41) is 4.06. The minimum absolute atomic E-state index is 0.0513. The van der Waals surface area contributed by atoms with Crippen molar-refractivity contribution in [2.45, 2.75) is 38.0 Å². The molecule has 2 aromatic rings. The SMILES string of the molecule is O=C(c1ccc(Br)o1)N1CCC[C@@H](Cc2nc(C3CC3)no2)C1. The Bertz CT molecular complexity index is 707. The predicted molar refractivity (Wildman–Crippen MR) is 85.0 cm³/mol. The van der Waals surface area contributed by atoms with E-state index < -0.39 is 0 Å². The average molecular weight is 380 g/mol. The average Bonchev–Trinajstić information content (AvgIpc) is 3.16. The molecule has 122 valence electrons. The molecule has 0 spiro atoms.